The van der Waals surface area contributed by atoms with Gasteiger partial charge >= 0.3 is 0 Å². The second-order valence-corrected chi connectivity index (χ2v) is 5.56. The lowest BCUT2D eigenvalue weighted by Gasteiger charge is -2.12. The van der Waals surface area contributed by atoms with E-state index >= 15 is 0 Å². The molecule has 1 aromatic carbocycles. The lowest BCUT2D eigenvalue weighted by atomic mass is 10.2. The smallest absolute Gasteiger partial charge is 0.274 e. The normalized spacial score (nSPS) is 10.3. The van der Waals surface area contributed by atoms with Crippen molar-refractivity contribution < 1.29 is 19.1 Å². The van der Waals surface area contributed by atoms with Crippen molar-refractivity contribution in [3.63, 3.8) is 0 Å². The number of rotatable bonds is 6. The van der Waals surface area contributed by atoms with Crippen LogP contribution in [-0.2, 0) is 0 Å². The standard InChI is InChI=1S/C18H21N3O4/c1-11(2)19-17(22)14-6-5-7-15(20-14)18(23)21-13-9-8-12(24-3)10-16(13)25-4/h5-11H,1-4H3,(H,19,22)(H,21,23). The van der Waals surface area contributed by atoms with Gasteiger partial charge in [-0.05, 0) is 38.1 Å². The first kappa shape index (κ1) is 18.3. The van der Waals surface area contributed by atoms with E-state index in [-0.39, 0.29) is 23.3 Å². The van der Waals surface area contributed by atoms with Gasteiger partial charge in [0.15, 0.2) is 0 Å². The Morgan fingerprint density at radius 1 is 1.00 bits per heavy atom. The lowest BCUT2D eigenvalue weighted by molar-refractivity contribution is 0.0938. The van der Waals surface area contributed by atoms with Gasteiger partial charge in [0.1, 0.15) is 22.9 Å². The second-order valence-electron chi connectivity index (χ2n) is 5.56. The summed E-state index contributed by atoms with van der Waals surface area (Å²) in [6.07, 6.45) is 0. The maximum Gasteiger partial charge on any atom is 0.274 e. The maximum absolute atomic E-state index is 12.4. The lowest BCUT2D eigenvalue weighted by Crippen LogP contribution is -2.31. The summed E-state index contributed by atoms with van der Waals surface area (Å²) in [5, 5.41) is 5.46. The molecule has 2 rings (SSSR count). The average Bonchev–Trinajstić information content (AvgIpc) is 2.61. The minimum Gasteiger partial charge on any atom is -0.497 e. The first-order valence-corrected chi connectivity index (χ1v) is 7.76. The minimum atomic E-state index is -0.442. The Labute approximate surface area is 146 Å². The van der Waals surface area contributed by atoms with Gasteiger partial charge in [-0.1, -0.05) is 6.07 Å². The number of ether oxygens (including phenoxy) is 2. The van der Waals surface area contributed by atoms with Gasteiger partial charge in [-0.2, -0.15) is 0 Å². The number of hydrogen-bond donors (Lipinski definition) is 2. The van der Waals surface area contributed by atoms with Gasteiger partial charge in [0.2, 0.25) is 0 Å². The van der Waals surface area contributed by atoms with Crippen LogP contribution in [0.4, 0.5) is 5.69 Å². The van der Waals surface area contributed by atoms with Gasteiger partial charge in [-0.3, -0.25) is 9.59 Å². The number of hydrogen-bond acceptors (Lipinski definition) is 5. The van der Waals surface area contributed by atoms with Crippen molar-refractivity contribution in [1.82, 2.24) is 10.3 Å². The van der Waals surface area contributed by atoms with Crippen molar-refractivity contribution in [3.8, 4) is 11.5 Å². The van der Waals surface area contributed by atoms with Gasteiger partial charge in [-0.25, -0.2) is 4.98 Å². The van der Waals surface area contributed by atoms with Gasteiger partial charge in [-0.15, -0.1) is 0 Å². The van der Waals surface area contributed by atoms with Crippen LogP contribution in [0.1, 0.15) is 34.8 Å². The van der Waals surface area contributed by atoms with Gasteiger partial charge < -0.3 is 20.1 Å². The Kier molecular flexibility index (Phi) is 5.94. The highest BCUT2D eigenvalue weighted by molar-refractivity contribution is 6.04. The Morgan fingerprint density at radius 2 is 1.68 bits per heavy atom. The third-order valence-electron chi connectivity index (χ3n) is 3.29. The first-order valence-electron chi connectivity index (χ1n) is 7.76. The largest absolute Gasteiger partial charge is 0.497 e. The molecule has 2 amide bonds. The third-order valence-corrected chi connectivity index (χ3v) is 3.29. The van der Waals surface area contributed by atoms with E-state index < -0.39 is 5.91 Å². The highest BCUT2D eigenvalue weighted by Gasteiger charge is 2.15. The molecule has 0 radical (unpaired) electrons. The van der Waals surface area contributed by atoms with E-state index in [9.17, 15) is 9.59 Å². The quantitative estimate of drug-likeness (QED) is 0.841. The maximum atomic E-state index is 12.4. The summed E-state index contributed by atoms with van der Waals surface area (Å²) in [4.78, 5) is 28.6. The zero-order chi connectivity index (χ0) is 18.4. The van der Waals surface area contributed by atoms with E-state index in [0.717, 1.165) is 0 Å². The van der Waals surface area contributed by atoms with E-state index in [1.165, 1.54) is 13.2 Å². The molecule has 0 fully saturated rings. The molecule has 1 aromatic heterocycles. The minimum absolute atomic E-state index is 0.0182. The number of pyridine rings is 1. The fourth-order valence-corrected chi connectivity index (χ4v) is 2.11. The zero-order valence-corrected chi connectivity index (χ0v) is 14.6. The number of carbonyl (C=O) groups excluding carboxylic acids is 2. The molecule has 0 bridgehead atoms. The highest BCUT2D eigenvalue weighted by Crippen LogP contribution is 2.29. The van der Waals surface area contributed by atoms with Crippen molar-refractivity contribution in [3.05, 3.63) is 47.8 Å². The Bertz CT molecular complexity index is 775. The SMILES string of the molecule is COc1ccc(NC(=O)c2cccc(C(=O)NC(C)C)n2)c(OC)c1. The summed E-state index contributed by atoms with van der Waals surface area (Å²) >= 11 is 0. The fourth-order valence-electron chi connectivity index (χ4n) is 2.11. The van der Waals surface area contributed by atoms with Crippen molar-refractivity contribution in [1.29, 1.82) is 0 Å². The number of benzene rings is 1. The summed E-state index contributed by atoms with van der Waals surface area (Å²) in [6.45, 7) is 3.70. The molecule has 0 atom stereocenters. The monoisotopic (exact) mass is 343 g/mol. The number of methoxy groups -OCH3 is 2. The van der Waals surface area contributed by atoms with Crippen molar-refractivity contribution in [2.24, 2.45) is 0 Å². The summed E-state index contributed by atoms with van der Waals surface area (Å²) in [5.41, 5.74) is 0.796. The zero-order valence-electron chi connectivity index (χ0n) is 14.6. The number of aromatic nitrogens is 1. The molecule has 0 aliphatic carbocycles. The molecule has 132 valence electrons. The van der Waals surface area contributed by atoms with Crippen LogP contribution in [0.2, 0.25) is 0 Å². The van der Waals surface area contributed by atoms with Crippen molar-refractivity contribution in [2.45, 2.75) is 19.9 Å². The van der Waals surface area contributed by atoms with Crippen LogP contribution >= 0.6 is 0 Å². The molecule has 2 aromatic rings. The van der Waals surface area contributed by atoms with Crippen LogP contribution in [-0.4, -0.2) is 37.1 Å². The molecule has 7 nitrogen and oxygen atoms in total. The molecule has 0 saturated heterocycles. The molecule has 25 heavy (non-hydrogen) atoms. The molecular formula is C18H21N3O4. The summed E-state index contributed by atoms with van der Waals surface area (Å²) in [5.74, 6) is 0.302. The van der Waals surface area contributed by atoms with Crippen LogP contribution < -0.4 is 20.1 Å². The number of carbonyl (C=O) groups is 2. The van der Waals surface area contributed by atoms with Gasteiger partial charge in [0, 0.05) is 12.1 Å². The number of nitrogens with zero attached hydrogens (tertiary/aromatic N) is 1. The topological polar surface area (TPSA) is 89.5 Å². The van der Waals surface area contributed by atoms with E-state index in [1.807, 2.05) is 13.8 Å². The number of amides is 2. The predicted octanol–water partition coefficient (Wildman–Crippen LogP) is 2.49. The predicted molar refractivity (Wildman–Crippen MR) is 94.3 cm³/mol. The number of anilines is 1. The molecule has 7 heteroatoms. The molecule has 1 heterocycles. The Morgan fingerprint density at radius 3 is 2.28 bits per heavy atom. The highest BCUT2D eigenvalue weighted by atomic mass is 16.5. The molecule has 0 unspecified atom stereocenters. The van der Waals surface area contributed by atoms with Crippen LogP contribution in [0, 0.1) is 0 Å². The molecule has 0 aliphatic rings. The summed E-state index contributed by atoms with van der Waals surface area (Å²) in [7, 11) is 3.05. The van der Waals surface area contributed by atoms with Crippen LogP contribution in [0.25, 0.3) is 0 Å². The van der Waals surface area contributed by atoms with Gasteiger partial charge in [0.05, 0.1) is 19.9 Å². The third kappa shape index (κ3) is 4.69. The van der Waals surface area contributed by atoms with E-state index in [4.69, 9.17) is 9.47 Å². The second kappa shape index (κ2) is 8.14. The van der Waals surface area contributed by atoms with Gasteiger partial charge in [0.25, 0.3) is 11.8 Å². The van der Waals surface area contributed by atoms with Crippen molar-refractivity contribution >= 4 is 17.5 Å². The van der Waals surface area contributed by atoms with E-state index in [1.54, 1.807) is 37.4 Å². The Hall–Kier alpha value is -3.09. The van der Waals surface area contributed by atoms with Crippen LogP contribution in [0.3, 0.4) is 0 Å². The molecule has 0 aliphatic heterocycles. The van der Waals surface area contributed by atoms with Crippen LogP contribution in [0.15, 0.2) is 36.4 Å². The van der Waals surface area contributed by atoms with E-state index in [2.05, 4.69) is 15.6 Å². The number of nitrogens with one attached hydrogen (secondary N) is 2. The molecule has 2 N–H and O–H groups in total. The van der Waals surface area contributed by atoms with Crippen molar-refractivity contribution in [2.75, 3.05) is 19.5 Å². The molecule has 0 spiro atoms. The first-order chi connectivity index (χ1) is 11.9. The Balaban J connectivity index is 2.20. The fraction of sp³-hybridized carbons (Fsp3) is 0.278. The summed E-state index contributed by atoms with van der Waals surface area (Å²) < 4.78 is 10.4. The molecular weight excluding hydrogens is 322 g/mol. The molecule has 0 saturated carbocycles. The average molecular weight is 343 g/mol. The van der Waals surface area contributed by atoms with E-state index in [0.29, 0.717) is 17.2 Å². The summed E-state index contributed by atoms with van der Waals surface area (Å²) in [6, 6.07) is 9.73. The van der Waals surface area contributed by atoms with Crippen LogP contribution in [0.5, 0.6) is 11.5 Å².